The van der Waals surface area contributed by atoms with E-state index in [9.17, 15) is 9.59 Å². The number of amides is 2. The van der Waals surface area contributed by atoms with Crippen molar-refractivity contribution in [1.29, 1.82) is 0 Å². The van der Waals surface area contributed by atoms with Crippen molar-refractivity contribution in [3.05, 3.63) is 71.2 Å². The second-order valence-corrected chi connectivity index (χ2v) is 6.54. The van der Waals surface area contributed by atoms with Crippen molar-refractivity contribution in [3.63, 3.8) is 0 Å². The molecule has 3 aromatic rings. The summed E-state index contributed by atoms with van der Waals surface area (Å²) in [4.78, 5) is 31.5. The normalized spacial score (nSPS) is 15.5. The lowest BCUT2D eigenvalue weighted by Gasteiger charge is -2.22. The fraction of sp³-hybridized carbons (Fsp3) is 0.200. The Kier molecular flexibility index (Phi) is 4.19. The Morgan fingerprint density at radius 3 is 2.70 bits per heavy atom. The first-order valence-corrected chi connectivity index (χ1v) is 8.66. The average molecular weight is 362 g/mol. The minimum atomic E-state index is -0.451. The molecule has 0 saturated heterocycles. The molecule has 136 valence electrons. The molecule has 4 rings (SSSR count). The van der Waals surface area contributed by atoms with Crippen LogP contribution in [0.4, 0.5) is 11.5 Å². The van der Waals surface area contributed by atoms with Gasteiger partial charge in [-0.15, -0.1) is 0 Å². The molecule has 2 aromatic heterocycles. The summed E-state index contributed by atoms with van der Waals surface area (Å²) < 4.78 is 4.93. The van der Waals surface area contributed by atoms with Gasteiger partial charge in [-0.25, -0.2) is 4.98 Å². The van der Waals surface area contributed by atoms with E-state index in [1.54, 1.807) is 36.1 Å². The number of aromatic nitrogens is 2. The van der Waals surface area contributed by atoms with Gasteiger partial charge in [0.25, 0.3) is 11.8 Å². The molecule has 7 heteroatoms. The third-order valence-electron chi connectivity index (χ3n) is 4.50. The minimum Gasteiger partial charge on any atom is -0.360 e. The zero-order valence-electron chi connectivity index (χ0n) is 15.0. The standard InChI is InChI=1S/C20H18N4O3/c1-12-10-14-6-3-4-9-17(14)24(12)20(26)16-8-5-7-15(21-16)19(25)22-18-11-13(2)27-23-18/h3-9,11-12H,10H2,1-2H3,(H,22,23,25). The van der Waals surface area contributed by atoms with Crippen LogP contribution in [0.5, 0.6) is 0 Å². The molecule has 1 aliphatic heterocycles. The number of pyridine rings is 1. The Bertz CT molecular complexity index is 1030. The van der Waals surface area contributed by atoms with E-state index in [1.807, 2.05) is 31.2 Å². The molecule has 1 unspecified atom stereocenters. The van der Waals surface area contributed by atoms with E-state index >= 15 is 0 Å². The number of anilines is 2. The lowest BCUT2D eigenvalue weighted by molar-refractivity contribution is 0.0976. The highest BCUT2D eigenvalue weighted by molar-refractivity contribution is 6.08. The van der Waals surface area contributed by atoms with Gasteiger partial charge in [-0.3, -0.25) is 9.59 Å². The second-order valence-electron chi connectivity index (χ2n) is 6.54. The van der Waals surface area contributed by atoms with Crippen LogP contribution in [0.15, 0.2) is 53.1 Å². The maximum Gasteiger partial charge on any atom is 0.277 e. The first-order chi connectivity index (χ1) is 13.0. The first kappa shape index (κ1) is 17.0. The van der Waals surface area contributed by atoms with Crippen molar-refractivity contribution >= 4 is 23.3 Å². The molecular weight excluding hydrogens is 344 g/mol. The van der Waals surface area contributed by atoms with Crippen LogP contribution in [0.25, 0.3) is 0 Å². The van der Waals surface area contributed by atoms with E-state index in [0.29, 0.717) is 11.6 Å². The number of nitrogens with one attached hydrogen (secondary N) is 1. The van der Waals surface area contributed by atoms with Gasteiger partial charge in [-0.1, -0.05) is 29.4 Å². The van der Waals surface area contributed by atoms with Crippen molar-refractivity contribution < 1.29 is 14.1 Å². The molecule has 3 heterocycles. The number of aryl methyl sites for hydroxylation is 1. The quantitative estimate of drug-likeness (QED) is 0.773. The molecule has 2 amide bonds. The summed E-state index contributed by atoms with van der Waals surface area (Å²) in [5.74, 6) is 0.217. The third-order valence-corrected chi connectivity index (χ3v) is 4.50. The van der Waals surface area contributed by atoms with Crippen LogP contribution in [0, 0.1) is 6.92 Å². The van der Waals surface area contributed by atoms with E-state index in [0.717, 1.165) is 17.7 Å². The van der Waals surface area contributed by atoms with Gasteiger partial charge < -0.3 is 14.7 Å². The van der Waals surface area contributed by atoms with Crippen LogP contribution >= 0.6 is 0 Å². The zero-order chi connectivity index (χ0) is 19.0. The largest absolute Gasteiger partial charge is 0.360 e. The fourth-order valence-corrected chi connectivity index (χ4v) is 3.28. The number of benzene rings is 1. The molecule has 1 aromatic carbocycles. The topological polar surface area (TPSA) is 88.3 Å². The summed E-state index contributed by atoms with van der Waals surface area (Å²) >= 11 is 0. The summed E-state index contributed by atoms with van der Waals surface area (Å²) in [5.41, 5.74) is 2.39. The number of carbonyl (C=O) groups excluding carboxylic acids is 2. The molecule has 0 fully saturated rings. The zero-order valence-corrected chi connectivity index (χ0v) is 15.0. The fourth-order valence-electron chi connectivity index (χ4n) is 3.28. The number of rotatable bonds is 3. The van der Waals surface area contributed by atoms with E-state index in [1.165, 1.54) is 0 Å². The number of para-hydroxylation sites is 1. The van der Waals surface area contributed by atoms with Crippen molar-refractivity contribution in [3.8, 4) is 0 Å². The van der Waals surface area contributed by atoms with Crippen molar-refractivity contribution in [1.82, 2.24) is 10.1 Å². The Hall–Kier alpha value is -3.48. The molecule has 1 aliphatic rings. The number of nitrogens with zero attached hydrogens (tertiary/aromatic N) is 3. The molecule has 0 spiro atoms. The highest BCUT2D eigenvalue weighted by Gasteiger charge is 2.32. The van der Waals surface area contributed by atoms with E-state index in [4.69, 9.17) is 4.52 Å². The summed E-state index contributed by atoms with van der Waals surface area (Å²) in [6.07, 6.45) is 0.799. The molecule has 0 aliphatic carbocycles. The summed E-state index contributed by atoms with van der Waals surface area (Å²) in [5, 5.41) is 6.33. The van der Waals surface area contributed by atoms with Crippen LogP contribution in [0.2, 0.25) is 0 Å². The first-order valence-electron chi connectivity index (χ1n) is 8.66. The number of hydrogen-bond donors (Lipinski definition) is 1. The number of fused-ring (bicyclic) bond motifs is 1. The Morgan fingerprint density at radius 2 is 1.93 bits per heavy atom. The Labute approximate surface area is 156 Å². The van der Waals surface area contributed by atoms with Gasteiger partial charge >= 0.3 is 0 Å². The second kappa shape index (κ2) is 6.68. The van der Waals surface area contributed by atoms with Gasteiger partial charge in [0.15, 0.2) is 5.82 Å². The SMILES string of the molecule is Cc1cc(NC(=O)c2cccc(C(=O)N3c4ccccc4CC3C)n2)no1. The maximum absolute atomic E-state index is 13.1. The Morgan fingerprint density at radius 1 is 1.15 bits per heavy atom. The molecule has 0 bridgehead atoms. The van der Waals surface area contributed by atoms with Gasteiger partial charge in [-0.2, -0.15) is 0 Å². The molecule has 7 nitrogen and oxygen atoms in total. The highest BCUT2D eigenvalue weighted by atomic mass is 16.5. The van der Waals surface area contributed by atoms with Crippen LogP contribution in [0.1, 0.15) is 39.2 Å². The smallest absolute Gasteiger partial charge is 0.277 e. The van der Waals surface area contributed by atoms with Crippen molar-refractivity contribution in [2.75, 3.05) is 10.2 Å². The molecule has 1 N–H and O–H groups in total. The molecule has 1 atom stereocenters. The summed E-state index contributed by atoms with van der Waals surface area (Å²) in [6.45, 7) is 3.73. The lowest BCUT2D eigenvalue weighted by Crippen LogP contribution is -2.36. The van der Waals surface area contributed by atoms with Gasteiger partial charge in [0, 0.05) is 17.8 Å². The van der Waals surface area contributed by atoms with Gasteiger partial charge in [0.05, 0.1) is 0 Å². The third kappa shape index (κ3) is 3.19. The van der Waals surface area contributed by atoms with Gasteiger partial charge in [0.2, 0.25) is 0 Å². The molecular formula is C20H18N4O3. The monoisotopic (exact) mass is 362 g/mol. The summed E-state index contributed by atoms with van der Waals surface area (Å²) in [7, 11) is 0. The van der Waals surface area contributed by atoms with Gasteiger partial charge in [0.1, 0.15) is 17.1 Å². The summed E-state index contributed by atoms with van der Waals surface area (Å²) in [6, 6.07) is 14.3. The number of hydrogen-bond acceptors (Lipinski definition) is 5. The van der Waals surface area contributed by atoms with E-state index in [2.05, 4.69) is 15.5 Å². The maximum atomic E-state index is 13.1. The Balaban J connectivity index is 1.59. The predicted molar refractivity (Wildman–Crippen MR) is 99.8 cm³/mol. The van der Waals surface area contributed by atoms with E-state index < -0.39 is 5.91 Å². The van der Waals surface area contributed by atoms with Gasteiger partial charge in [-0.05, 0) is 44.0 Å². The van der Waals surface area contributed by atoms with Crippen LogP contribution in [-0.2, 0) is 6.42 Å². The van der Waals surface area contributed by atoms with Crippen molar-refractivity contribution in [2.45, 2.75) is 26.3 Å². The van der Waals surface area contributed by atoms with Crippen LogP contribution in [-0.4, -0.2) is 28.0 Å². The minimum absolute atomic E-state index is 0.0345. The molecule has 27 heavy (non-hydrogen) atoms. The number of carbonyl (C=O) groups is 2. The van der Waals surface area contributed by atoms with Crippen LogP contribution < -0.4 is 10.2 Å². The lowest BCUT2D eigenvalue weighted by atomic mass is 10.1. The van der Waals surface area contributed by atoms with Crippen molar-refractivity contribution in [2.24, 2.45) is 0 Å². The molecule has 0 saturated carbocycles. The predicted octanol–water partition coefficient (Wildman–Crippen LogP) is 3.22. The average Bonchev–Trinajstić information content (AvgIpc) is 3.23. The van der Waals surface area contributed by atoms with E-state index in [-0.39, 0.29) is 23.3 Å². The highest BCUT2D eigenvalue weighted by Crippen LogP contribution is 2.32. The molecule has 0 radical (unpaired) electrons. The van der Waals surface area contributed by atoms with Crippen LogP contribution in [0.3, 0.4) is 0 Å².